The summed E-state index contributed by atoms with van der Waals surface area (Å²) >= 11 is 0. The first kappa shape index (κ1) is 24.0. The van der Waals surface area contributed by atoms with Gasteiger partial charge in [-0.15, -0.1) is 0 Å². The quantitative estimate of drug-likeness (QED) is 0.461. The van der Waals surface area contributed by atoms with Crippen LogP contribution in [0.15, 0.2) is 47.0 Å². The van der Waals surface area contributed by atoms with Crippen molar-refractivity contribution in [2.24, 2.45) is 0 Å². The van der Waals surface area contributed by atoms with E-state index in [0.717, 1.165) is 0 Å². The molecule has 0 radical (unpaired) electrons. The maximum Gasteiger partial charge on any atom is 0.422 e. The summed E-state index contributed by atoms with van der Waals surface area (Å²) in [5, 5.41) is 5.80. The van der Waals surface area contributed by atoms with Gasteiger partial charge in [0.05, 0.1) is 11.3 Å². The van der Waals surface area contributed by atoms with Gasteiger partial charge in [-0.3, -0.25) is 4.79 Å². The van der Waals surface area contributed by atoms with E-state index >= 15 is 0 Å². The van der Waals surface area contributed by atoms with Crippen molar-refractivity contribution >= 4 is 11.6 Å². The van der Waals surface area contributed by atoms with Gasteiger partial charge >= 0.3 is 12.4 Å². The summed E-state index contributed by atoms with van der Waals surface area (Å²) in [7, 11) is 0. The highest BCUT2D eigenvalue weighted by Crippen LogP contribution is 2.35. The number of carbonyl (C=O) groups excluding carboxylic acids is 1. The number of aromatic nitrogens is 2. The maximum atomic E-state index is 13.0. The Morgan fingerprint density at radius 2 is 1.73 bits per heavy atom. The molecule has 3 rings (SSSR count). The van der Waals surface area contributed by atoms with Crippen LogP contribution < -0.4 is 10.1 Å². The first-order valence-corrected chi connectivity index (χ1v) is 9.20. The Kier molecular flexibility index (Phi) is 6.89. The molecule has 0 unspecified atom stereocenters. The molecule has 2 aromatic carbocycles. The maximum absolute atomic E-state index is 13.0. The van der Waals surface area contributed by atoms with Crippen LogP contribution >= 0.6 is 0 Å². The van der Waals surface area contributed by atoms with E-state index in [1.54, 1.807) is 0 Å². The van der Waals surface area contributed by atoms with Crippen LogP contribution in [0.2, 0.25) is 0 Å². The zero-order valence-corrected chi connectivity index (χ0v) is 16.4. The molecule has 176 valence electrons. The van der Waals surface area contributed by atoms with Gasteiger partial charge in [-0.2, -0.15) is 31.3 Å². The number of alkyl halides is 6. The molecule has 0 aliphatic carbocycles. The smallest absolute Gasteiger partial charge is 0.422 e. The number of hydrogen-bond acceptors (Lipinski definition) is 5. The van der Waals surface area contributed by atoms with Crippen molar-refractivity contribution in [1.82, 2.24) is 10.1 Å². The highest BCUT2D eigenvalue weighted by molar-refractivity contribution is 5.92. The fraction of sp³-hybridized carbons (Fsp3) is 0.250. The van der Waals surface area contributed by atoms with Crippen LogP contribution in [0.1, 0.15) is 17.9 Å². The number of amides is 1. The highest BCUT2D eigenvalue weighted by atomic mass is 19.4. The molecule has 1 heterocycles. The predicted octanol–water partition coefficient (Wildman–Crippen LogP) is 5.41. The molecule has 3 aromatic rings. The summed E-state index contributed by atoms with van der Waals surface area (Å²) in [6.45, 7) is -1.75. The Bertz CT molecular complexity index is 1110. The lowest BCUT2D eigenvalue weighted by atomic mass is 10.1. The van der Waals surface area contributed by atoms with E-state index in [1.807, 2.05) is 0 Å². The lowest BCUT2D eigenvalue weighted by molar-refractivity contribution is -0.153. The van der Waals surface area contributed by atoms with Crippen molar-refractivity contribution < 1.29 is 44.8 Å². The Morgan fingerprint density at radius 3 is 2.36 bits per heavy atom. The van der Waals surface area contributed by atoms with Gasteiger partial charge in [-0.25, -0.2) is 4.39 Å². The van der Waals surface area contributed by atoms with Crippen LogP contribution in [-0.2, 0) is 17.4 Å². The number of rotatable bonds is 7. The molecule has 33 heavy (non-hydrogen) atoms. The second-order valence-corrected chi connectivity index (χ2v) is 6.68. The van der Waals surface area contributed by atoms with Crippen LogP contribution in [0.3, 0.4) is 0 Å². The van der Waals surface area contributed by atoms with Gasteiger partial charge in [0.25, 0.3) is 0 Å². The van der Waals surface area contributed by atoms with E-state index in [9.17, 15) is 35.5 Å². The number of aryl methyl sites for hydroxylation is 1. The average molecular weight is 477 g/mol. The van der Waals surface area contributed by atoms with Crippen LogP contribution in [0.25, 0.3) is 11.4 Å². The molecule has 0 fully saturated rings. The second-order valence-electron chi connectivity index (χ2n) is 6.68. The van der Waals surface area contributed by atoms with Crippen molar-refractivity contribution in [1.29, 1.82) is 0 Å². The average Bonchev–Trinajstić information content (AvgIpc) is 3.19. The summed E-state index contributed by atoms with van der Waals surface area (Å²) in [5.41, 5.74) is -1.30. The highest BCUT2D eigenvalue weighted by Gasteiger charge is 2.33. The minimum absolute atomic E-state index is 0.0158. The van der Waals surface area contributed by atoms with Crippen LogP contribution in [0, 0.1) is 5.82 Å². The molecule has 0 aliphatic rings. The van der Waals surface area contributed by atoms with E-state index in [4.69, 9.17) is 4.52 Å². The number of benzene rings is 2. The lowest BCUT2D eigenvalue weighted by Gasteiger charge is -2.16. The minimum atomic E-state index is -4.79. The van der Waals surface area contributed by atoms with Gasteiger partial charge in [0.2, 0.25) is 17.6 Å². The third-order valence-corrected chi connectivity index (χ3v) is 4.11. The SMILES string of the molecule is O=C(CCc1nc(-c2ccc(F)cc2)no1)Nc1cc(C(F)(F)F)ccc1OCC(F)(F)F. The molecule has 0 bridgehead atoms. The van der Waals surface area contributed by atoms with E-state index in [0.29, 0.717) is 23.8 Å². The Morgan fingerprint density at radius 1 is 1.03 bits per heavy atom. The van der Waals surface area contributed by atoms with Crippen molar-refractivity contribution in [3.8, 4) is 17.1 Å². The monoisotopic (exact) mass is 477 g/mol. The molecule has 0 atom stereocenters. The van der Waals surface area contributed by atoms with Crippen LogP contribution in [0.4, 0.5) is 36.4 Å². The normalized spacial score (nSPS) is 12.0. The molecule has 6 nitrogen and oxygen atoms in total. The Labute approximate surface area is 181 Å². The second kappa shape index (κ2) is 9.46. The van der Waals surface area contributed by atoms with Gasteiger partial charge in [0.1, 0.15) is 11.6 Å². The summed E-state index contributed by atoms with van der Waals surface area (Å²) in [4.78, 5) is 16.2. The molecule has 1 N–H and O–H groups in total. The molecule has 1 aromatic heterocycles. The van der Waals surface area contributed by atoms with Crippen molar-refractivity contribution in [3.63, 3.8) is 0 Å². The summed E-state index contributed by atoms with van der Waals surface area (Å²) in [5.74, 6) is -1.72. The van der Waals surface area contributed by atoms with Gasteiger partial charge in [0.15, 0.2) is 6.61 Å². The molecule has 0 aliphatic heterocycles. The molecule has 0 saturated carbocycles. The molecular formula is C20H14F7N3O3. The molecular weight excluding hydrogens is 463 g/mol. The zero-order valence-electron chi connectivity index (χ0n) is 16.4. The number of carbonyl (C=O) groups is 1. The van der Waals surface area contributed by atoms with Crippen LogP contribution in [0.5, 0.6) is 5.75 Å². The van der Waals surface area contributed by atoms with Crippen molar-refractivity contribution in [2.75, 3.05) is 11.9 Å². The lowest BCUT2D eigenvalue weighted by Crippen LogP contribution is -2.21. The van der Waals surface area contributed by atoms with Crippen LogP contribution in [-0.4, -0.2) is 28.8 Å². The fourth-order valence-electron chi connectivity index (χ4n) is 2.60. The Balaban J connectivity index is 1.68. The standard InChI is InChI=1S/C20H14F7N3O3/c21-13-4-1-11(2-5-13)18-29-17(33-30-18)8-7-16(31)28-14-9-12(20(25,26)27)3-6-15(14)32-10-19(22,23)24/h1-6,9H,7-8,10H2,(H,28,31). The van der Waals surface area contributed by atoms with E-state index in [2.05, 4.69) is 20.2 Å². The molecule has 0 saturated heterocycles. The minimum Gasteiger partial charge on any atom is -0.482 e. The van der Waals surface area contributed by atoms with Gasteiger partial charge in [-0.05, 0) is 42.5 Å². The van der Waals surface area contributed by atoms with Gasteiger partial charge < -0.3 is 14.6 Å². The van der Waals surface area contributed by atoms with Crippen molar-refractivity contribution in [2.45, 2.75) is 25.2 Å². The van der Waals surface area contributed by atoms with E-state index in [-0.39, 0.29) is 24.6 Å². The number of hydrogen-bond donors (Lipinski definition) is 1. The third kappa shape index (κ3) is 6.92. The first-order chi connectivity index (χ1) is 15.4. The summed E-state index contributed by atoms with van der Waals surface area (Å²) in [6.07, 6.45) is -9.97. The predicted molar refractivity (Wildman–Crippen MR) is 99.6 cm³/mol. The topological polar surface area (TPSA) is 77.2 Å². The van der Waals surface area contributed by atoms with E-state index in [1.165, 1.54) is 24.3 Å². The molecule has 13 heteroatoms. The van der Waals surface area contributed by atoms with Crippen molar-refractivity contribution in [3.05, 3.63) is 59.7 Å². The Hall–Kier alpha value is -3.64. The molecule has 0 spiro atoms. The van der Waals surface area contributed by atoms with Gasteiger partial charge in [0, 0.05) is 18.4 Å². The fourth-order valence-corrected chi connectivity index (χ4v) is 2.60. The van der Waals surface area contributed by atoms with Gasteiger partial charge in [-0.1, -0.05) is 5.16 Å². The number of anilines is 1. The number of nitrogens with one attached hydrogen (secondary N) is 1. The molecule has 1 amide bonds. The largest absolute Gasteiger partial charge is 0.482 e. The van der Waals surface area contributed by atoms with E-state index < -0.39 is 47.7 Å². The zero-order chi connectivity index (χ0) is 24.2. The summed E-state index contributed by atoms with van der Waals surface area (Å²) in [6, 6.07) is 6.90. The first-order valence-electron chi connectivity index (χ1n) is 9.20. The number of nitrogens with zero attached hydrogens (tertiary/aromatic N) is 2. The number of ether oxygens (including phenoxy) is 1. The summed E-state index contributed by atoms with van der Waals surface area (Å²) < 4.78 is 98.6. The number of halogens is 7. The third-order valence-electron chi connectivity index (χ3n) is 4.11.